The number of carbonyl (C=O) groups is 1. The van der Waals surface area contributed by atoms with Crippen LogP contribution in [0, 0.1) is 0 Å². The Bertz CT molecular complexity index is 687. The number of nitrogens with zero attached hydrogens (tertiary/aromatic N) is 3. The topological polar surface area (TPSA) is 50.2 Å². The molecule has 0 saturated carbocycles. The molecule has 0 aliphatic carbocycles. The number of piperidine rings is 1. The minimum Gasteiger partial charge on any atom is -0.353 e. The van der Waals surface area contributed by atoms with Crippen LogP contribution in [0.25, 0.3) is 11.8 Å². The highest BCUT2D eigenvalue weighted by Gasteiger charge is 2.08. The first-order valence-corrected chi connectivity index (χ1v) is 9.10. The van der Waals surface area contributed by atoms with Gasteiger partial charge in [0.1, 0.15) is 0 Å². The fourth-order valence-corrected chi connectivity index (χ4v) is 3.07. The second kappa shape index (κ2) is 9.18. The van der Waals surface area contributed by atoms with Crippen LogP contribution in [0.5, 0.6) is 0 Å². The molecule has 0 atom stereocenters. The number of likely N-dealkylation sites (tertiary alicyclic amines) is 1. The molecular formula is C20H26N4O. The Balaban J connectivity index is 1.39. The summed E-state index contributed by atoms with van der Waals surface area (Å²) in [6.07, 6.45) is 12.0. The van der Waals surface area contributed by atoms with Crippen LogP contribution in [0.15, 0.2) is 48.8 Å². The van der Waals surface area contributed by atoms with Crippen molar-refractivity contribution in [2.45, 2.75) is 25.7 Å². The van der Waals surface area contributed by atoms with E-state index in [2.05, 4.69) is 15.3 Å². The van der Waals surface area contributed by atoms with Crippen molar-refractivity contribution < 1.29 is 4.79 Å². The molecular weight excluding hydrogens is 312 g/mol. The SMILES string of the molecule is O=C(/C=C/c1cnn(-c2ccccc2)c1)NCCCN1CCCCC1. The molecule has 0 radical (unpaired) electrons. The Morgan fingerprint density at radius 1 is 1.16 bits per heavy atom. The number of nitrogens with one attached hydrogen (secondary N) is 1. The molecule has 0 bridgehead atoms. The molecule has 2 aromatic rings. The van der Waals surface area contributed by atoms with E-state index in [1.807, 2.05) is 36.5 Å². The van der Waals surface area contributed by atoms with Gasteiger partial charge in [-0.3, -0.25) is 4.79 Å². The zero-order valence-electron chi connectivity index (χ0n) is 14.6. The number of rotatable bonds is 7. The molecule has 1 aromatic carbocycles. The van der Waals surface area contributed by atoms with Gasteiger partial charge in [0.15, 0.2) is 0 Å². The highest BCUT2D eigenvalue weighted by molar-refractivity contribution is 5.91. The second-order valence-corrected chi connectivity index (χ2v) is 6.43. The van der Waals surface area contributed by atoms with Gasteiger partial charge in [0.25, 0.3) is 0 Å². The summed E-state index contributed by atoms with van der Waals surface area (Å²) < 4.78 is 1.80. The van der Waals surface area contributed by atoms with E-state index in [0.29, 0.717) is 0 Å². The summed E-state index contributed by atoms with van der Waals surface area (Å²) in [5.74, 6) is -0.0499. The van der Waals surface area contributed by atoms with Crippen LogP contribution in [0.2, 0.25) is 0 Å². The van der Waals surface area contributed by atoms with Crippen LogP contribution in [0.3, 0.4) is 0 Å². The molecule has 1 N–H and O–H groups in total. The Labute approximate surface area is 149 Å². The van der Waals surface area contributed by atoms with Gasteiger partial charge in [-0.2, -0.15) is 5.10 Å². The number of hydrogen-bond acceptors (Lipinski definition) is 3. The summed E-state index contributed by atoms with van der Waals surface area (Å²) in [7, 11) is 0. The molecule has 5 heteroatoms. The van der Waals surface area contributed by atoms with Crippen molar-refractivity contribution in [3.8, 4) is 5.69 Å². The summed E-state index contributed by atoms with van der Waals surface area (Å²) >= 11 is 0. The lowest BCUT2D eigenvalue weighted by Crippen LogP contribution is -2.33. The normalized spacial score (nSPS) is 15.5. The minimum absolute atomic E-state index is 0.0499. The summed E-state index contributed by atoms with van der Waals surface area (Å²) in [5.41, 5.74) is 1.91. The predicted molar refractivity (Wildman–Crippen MR) is 101 cm³/mol. The summed E-state index contributed by atoms with van der Waals surface area (Å²) in [4.78, 5) is 14.4. The van der Waals surface area contributed by atoms with Crippen LogP contribution in [0.1, 0.15) is 31.2 Å². The summed E-state index contributed by atoms with van der Waals surface area (Å²) in [6, 6.07) is 9.92. The van der Waals surface area contributed by atoms with E-state index < -0.39 is 0 Å². The third-order valence-electron chi connectivity index (χ3n) is 4.45. The number of aromatic nitrogens is 2. The Kier molecular flexibility index (Phi) is 6.40. The fraction of sp³-hybridized carbons (Fsp3) is 0.400. The molecule has 1 aromatic heterocycles. The van der Waals surface area contributed by atoms with E-state index in [-0.39, 0.29) is 5.91 Å². The molecule has 132 valence electrons. The smallest absolute Gasteiger partial charge is 0.244 e. The Morgan fingerprint density at radius 3 is 2.76 bits per heavy atom. The van der Waals surface area contributed by atoms with Crippen LogP contribution in [-0.4, -0.2) is 46.8 Å². The lowest BCUT2D eigenvalue weighted by atomic mass is 10.1. The summed E-state index contributed by atoms with van der Waals surface area (Å²) in [5, 5.41) is 7.27. The lowest BCUT2D eigenvalue weighted by Gasteiger charge is -2.26. The molecule has 25 heavy (non-hydrogen) atoms. The van der Waals surface area contributed by atoms with Crippen LogP contribution in [-0.2, 0) is 4.79 Å². The van der Waals surface area contributed by atoms with Crippen molar-refractivity contribution in [2.75, 3.05) is 26.2 Å². The van der Waals surface area contributed by atoms with Crippen molar-refractivity contribution in [1.82, 2.24) is 20.0 Å². The molecule has 1 amide bonds. The molecule has 5 nitrogen and oxygen atoms in total. The molecule has 2 heterocycles. The van der Waals surface area contributed by atoms with Gasteiger partial charge in [-0.05, 0) is 57.1 Å². The standard InChI is InChI=1S/C20H26N4O/c25-20(21-12-7-15-23-13-5-2-6-14-23)11-10-18-16-22-24(17-18)19-8-3-1-4-9-19/h1,3-4,8-11,16-17H,2,5-7,12-15H2,(H,21,25)/b11-10+. The van der Waals surface area contributed by atoms with Crippen molar-refractivity contribution in [3.63, 3.8) is 0 Å². The molecule has 1 fully saturated rings. The van der Waals surface area contributed by atoms with Crippen LogP contribution in [0.4, 0.5) is 0 Å². The molecule has 1 saturated heterocycles. The zero-order chi connectivity index (χ0) is 17.3. The van der Waals surface area contributed by atoms with Crippen LogP contribution < -0.4 is 5.32 Å². The first-order chi connectivity index (χ1) is 12.3. The Morgan fingerprint density at radius 2 is 1.96 bits per heavy atom. The largest absolute Gasteiger partial charge is 0.353 e. The first kappa shape index (κ1) is 17.4. The van der Waals surface area contributed by atoms with Gasteiger partial charge in [0, 0.05) is 24.4 Å². The number of benzene rings is 1. The summed E-state index contributed by atoms with van der Waals surface area (Å²) in [6.45, 7) is 4.22. The van der Waals surface area contributed by atoms with Crippen LogP contribution >= 0.6 is 0 Å². The van der Waals surface area contributed by atoms with Crippen molar-refractivity contribution >= 4 is 12.0 Å². The molecule has 0 unspecified atom stereocenters. The van der Waals surface area contributed by atoms with E-state index in [0.717, 1.165) is 30.8 Å². The first-order valence-electron chi connectivity index (χ1n) is 9.10. The van der Waals surface area contributed by atoms with Gasteiger partial charge < -0.3 is 10.2 Å². The van der Waals surface area contributed by atoms with E-state index in [4.69, 9.17) is 0 Å². The van der Waals surface area contributed by atoms with E-state index in [9.17, 15) is 4.79 Å². The van der Waals surface area contributed by atoms with E-state index in [1.54, 1.807) is 23.0 Å². The van der Waals surface area contributed by atoms with Gasteiger partial charge in [0.05, 0.1) is 11.9 Å². The maximum absolute atomic E-state index is 11.9. The highest BCUT2D eigenvalue weighted by Crippen LogP contribution is 2.09. The van der Waals surface area contributed by atoms with Gasteiger partial charge in [0.2, 0.25) is 5.91 Å². The predicted octanol–water partition coefficient (Wildman–Crippen LogP) is 2.88. The number of hydrogen-bond donors (Lipinski definition) is 1. The second-order valence-electron chi connectivity index (χ2n) is 6.43. The zero-order valence-corrected chi connectivity index (χ0v) is 14.6. The quantitative estimate of drug-likeness (QED) is 0.624. The Hall–Kier alpha value is -2.40. The van der Waals surface area contributed by atoms with Gasteiger partial charge in [-0.25, -0.2) is 4.68 Å². The molecule has 0 spiro atoms. The van der Waals surface area contributed by atoms with Gasteiger partial charge >= 0.3 is 0 Å². The lowest BCUT2D eigenvalue weighted by molar-refractivity contribution is -0.116. The third-order valence-corrected chi connectivity index (χ3v) is 4.45. The minimum atomic E-state index is -0.0499. The number of carbonyl (C=O) groups excluding carboxylic acids is 1. The average molecular weight is 338 g/mol. The monoisotopic (exact) mass is 338 g/mol. The molecule has 1 aliphatic heterocycles. The maximum atomic E-state index is 11.9. The van der Waals surface area contributed by atoms with Gasteiger partial charge in [-0.1, -0.05) is 24.6 Å². The molecule has 1 aliphatic rings. The van der Waals surface area contributed by atoms with Crippen molar-refractivity contribution in [3.05, 3.63) is 54.4 Å². The maximum Gasteiger partial charge on any atom is 0.244 e. The number of para-hydroxylation sites is 1. The van der Waals surface area contributed by atoms with Crippen molar-refractivity contribution in [2.24, 2.45) is 0 Å². The fourth-order valence-electron chi connectivity index (χ4n) is 3.07. The van der Waals surface area contributed by atoms with E-state index >= 15 is 0 Å². The third kappa shape index (κ3) is 5.57. The van der Waals surface area contributed by atoms with Gasteiger partial charge in [-0.15, -0.1) is 0 Å². The average Bonchev–Trinajstić information content (AvgIpc) is 3.14. The molecule has 3 rings (SSSR count). The van der Waals surface area contributed by atoms with Crippen molar-refractivity contribution in [1.29, 1.82) is 0 Å². The van der Waals surface area contributed by atoms with E-state index in [1.165, 1.54) is 32.4 Å². The highest BCUT2D eigenvalue weighted by atomic mass is 16.1. The number of amides is 1.